The molecule has 23 heavy (non-hydrogen) atoms. The summed E-state index contributed by atoms with van der Waals surface area (Å²) in [6.07, 6.45) is 5.06. The van der Waals surface area contributed by atoms with E-state index in [1.807, 2.05) is 0 Å². The summed E-state index contributed by atoms with van der Waals surface area (Å²) in [6, 6.07) is 1.79. The Morgan fingerprint density at radius 2 is 2.17 bits per heavy atom. The van der Waals surface area contributed by atoms with Gasteiger partial charge in [0.1, 0.15) is 5.69 Å². The fraction of sp³-hybridized carbons (Fsp3) is 0.647. The van der Waals surface area contributed by atoms with Crippen molar-refractivity contribution in [2.75, 3.05) is 6.61 Å². The number of aromatic nitrogens is 1. The monoisotopic (exact) mass is 382 g/mol. The molecular weight excluding hydrogens is 360 g/mol. The van der Waals surface area contributed by atoms with E-state index in [1.54, 1.807) is 12.3 Å². The van der Waals surface area contributed by atoms with Crippen molar-refractivity contribution in [1.29, 1.82) is 0 Å². The molecule has 1 aromatic heterocycles. The minimum atomic E-state index is -0.523. The van der Waals surface area contributed by atoms with Gasteiger partial charge in [0.15, 0.2) is 6.61 Å². The van der Waals surface area contributed by atoms with Crippen LogP contribution in [0.25, 0.3) is 0 Å². The first-order chi connectivity index (χ1) is 10.7. The van der Waals surface area contributed by atoms with Gasteiger partial charge in [0.25, 0.3) is 5.91 Å². The zero-order valence-electron chi connectivity index (χ0n) is 13.7. The van der Waals surface area contributed by atoms with Crippen molar-refractivity contribution in [3.8, 4) is 0 Å². The van der Waals surface area contributed by atoms with E-state index >= 15 is 0 Å². The molecule has 5 nitrogen and oxygen atoms in total. The normalized spacial score (nSPS) is 31.1. The van der Waals surface area contributed by atoms with E-state index in [-0.39, 0.29) is 29.4 Å². The maximum Gasteiger partial charge on any atom is 0.355 e. The summed E-state index contributed by atoms with van der Waals surface area (Å²) in [5.41, 5.74) is 0.706. The lowest BCUT2D eigenvalue weighted by atomic mass is 9.69. The standard InChI is InChI=1S/C17H23BrN2O3/c1-16(2)10-4-5-17(16,3)13(6-10)20-14(21)9-23-15(22)12-7-11(18)8-19-12/h7-8,10,13,19H,4-6,9H2,1-3H3,(H,20,21). The Morgan fingerprint density at radius 3 is 2.70 bits per heavy atom. The molecule has 2 aliphatic rings. The minimum Gasteiger partial charge on any atom is -0.451 e. The lowest BCUT2D eigenvalue weighted by molar-refractivity contribution is -0.126. The topological polar surface area (TPSA) is 71.2 Å². The van der Waals surface area contributed by atoms with Crippen LogP contribution in [-0.2, 0) is 9.53 Å². The van der Waals surface area contributed by atoms with Crippen LogP contribution in [0.3, 0.4) is 0 Å². The first kappa shape index (κ1) is 16.6. The Balaban J connectivity index is 1.54. The number of carbonyl (C=O) groups is 2. The van der Waals surface area contributed by atoms with Crippen molar-refractivity contribution in [3.63, 3.8) is 0 Å². The van der Waals surface area contributed by atoms with Gasteiger partial charge >= 0.3 is 5.97 Å². The number of esters is 1. The Labute approximate surface area is 144 Å². The van der Waals surface area contributed by atoms with Crippen LogP contribution in [-0.4, -0.2) is 29.5 Å². The highest BCUT2D eigenvalue weighted by Gasteiger charge is 2.61. The van der Waals surface area contributed by atoms with Crippen LogP contribution < -0.4 is 5.32 Å². The van der Waals surface area contributed by atoms with Gasteiger partial charge in [0.05, 0.1) is 0 Å². The van der Waals surface area contributed by atoms with Crippen LogP contribution in [0, 0.1) is 16.7 Å². The Morgan fingerprint density at radius 1 is 1.43 bits per heavy atom. The van der Waals surface area contributed by atoms with Crippen molar-refractivity contribution < 1.29 is 14.3 Å². The molecular formula is C17H23BrN2O3. The Bertz CT molecular complexity index is 640. The van der Waals surface area contributed by atoms with Gasteiger partial charge in [-0.1, -0.05) is 20.8 Å². The van der Waals surface area contributed by atoms with Crippen LogP contribution in [0.1, 0.15) is 50.5 Å². The number of nitrogens with one attached hydrogen (secondary N) is 2. The van der Waals surface area contributed by atoms with Gasteiger partial charge in [-0.05, 0) is 58.0 Å². The van der Waals surface area contributed by atoms with E-state index in [4.69, 9.17) is 4.74 Å². The molecule has 1 heterocycles. The van der Waals surface area contributed by atoms with E-state index in [9.17, 15) is 9.59 Å². The van der Waals surface area contributed by atoms with Gasteiger partial charge in [0, 0.05) is 16.7 Å². The minimum absolute atomic E-state index is 0.127. The number of hydrogen-bond donors (Lipinski definition) is 2. The lowest BCUT2D eigenvalue weighted by Gasteiger charge is -2.39. The van der Waals surface area contributed by atoms with Crippen molar-refractivity contribution in [3.05, 3.63) is 22.4 Å². The second-order valence-electron chi connectivity index (χ2n) is 7.54. The molecule has 2 N–H and O–H groups in total. The largest absolute Gasteiger partial charge is 0.451 e. The molecule has 3 unspecified atom stereocenters. The zero-order chi connectivity index (χ0) is 16.8. The average Bonchev–Trinajstić information content (AvgIpc) is 3.06. The van der Waals surface area contributed by atoms with Crippen molar-refractivity contribution in [1.82, 2.24) is 10.3 Å². The molecule has 0 spiro atoms. The third kappa shape index (κ3) is 2.71. The predicted molar refractivity (Wildman–Crippen MR) is 89.9 cm³/mol. The predicted octanol–water partition coefficient (Wildman–Crippen LogP) is 3.27. The maximum absolute atomic E-state index is 12.2. The number of rotatable bonds is 4. The van der Waals surface area contributed by atoms with Gasteiger partial charge in [-0.25, -0.2) is 4.79 Å². The van der Waals surface area contributed by atoms with Crippen molar-refractivity contribution in [2.24, 2.45) is 16.7 Å². The van der Waals surface area contributed by atoms with Gasteiger partial charge in [0.2, 0.25) is 0 Å². The molecule has 0 aliphatic heterocycles. The molecule has 0 aromatic carbocycles. The molecule has 2 aliphatic carbocycles. The van der Waals surface area contributed by atoms with Crippen LogP contribution in [0.2, 0.25) is 0 Å². The van der Waals surface area contributed by atoms with Crippen LogP contribution in [0.15, 0.2) is 16.7 Å². The average molecular weight is 383 g/mol. The van der Waals surface area contributed by atoms with Crippen LogP contribution >= 0.6 is 15.9 Å². The molecule has 0 saturated heterocycles. The second kappa shape index (κ2) is 5.65. The molecule has 126 valence electrons. The highest BCUT2D eigenvalue weighted by molar-refractivity contribution is 9.10. The number of carbonyl (C=O) groups excluding carboxylic acids is 2. The molecule has 3 atom stereocenters. The first-order valence-corrected chi connectivity index (χ1v) is 8.84. The number of aromatic amines is 1. The summed E-state index contributed by atoms with van der Waals surface area (Å²) >= 11 is 3.26. The van der Waals surface area contributed by atoms with Crippen LogP contribution in [0.4, 0.5) is 0 Å². The molecule has 6 heteroatoms. The quantitative estimate of drug-likeness (QED) is 0.784. The van der Waals surface area contributed by atoms with Gasteiger partial charge < -0.3 is 15.0 Å². The van der Waals surface area contributed by atoms with Gasteiger partial charge in [-0.2, -0.15) is 0 Å². The highest BCUT2D eigenvalue weighted by Crippen LogP contribution is 2.65. The molecule has 2 saturated carbocycles. The van der Waals surface area contributed by atoms with Crippen molar-refractivity contribution in [2.45, 2.75) is 46.1 Å². The Kier molecular flexibility index (Phi) is 4.07. The van der Waals surface area contributed by atoms with Crippen LogP contribution in [0.5, 0.6) is 0 Å². The highest BCUT2D eigenvalue weighted by atomic mass is 79.9. The summed E-state index contributed by atoms with van der Waals surface area (Å²) in [4.78, 5) is 26.8. The third-order valence-corrected chi connectivity index (χ3v) is 6.79. The fourth-order valence-corrected chi connectivity index (χ4v) is 4.70. The summed E-state index contributed by atoms with van der Waals surface area (Å²) in [5.74, 6) is -0.0829. The van der Waals surface area contributed by atoms with Crippen molar-refractivity contribution >= 4 is 27.8 Å². The molecule has 2 fully saturated rings. The number of fused-ring (bicyclic) bond motifs is 2. The summed E-state index contributed by atoms with van der Waals surface area (Å²) in [7, 11) is 0. The first-order valence-electron chi connectivity index (χ1n) is 8.04. The number of halogens is 1. The molecule has 1 aromatic rings. The van der Waals surface area contributed by atoms with Gasteiger partial charge in [-0.15, -0.1) is 0 Å². The molecule has 0 radical (unpaired) electrons. The fourth-order valence-electron chi connectivity index (χ4n) is 4.35. The van der Waals surface area contributed by atoms with E-state index < -0.39 is 5.97 Å². The third-order valence-electron chi connectivity index (χ3n) is 6.33. The van der Waals surface area contributed by atoms with E-state index in [1.165, 1.54) is 6.42 Å². The zero-order valence-corrected chi connectivity index (χ0v) is 15.3. The molecule has 1 amide bonds. The van der Waals surface area contributed by atoms with Gasteiger partial charge in [-0.3, -0.25) is 4.79 Å². The lowest BCUT2D eigenvalue weighted by Crippen LogP contribution is -2.48. The van der Waals surface area contributed by atoms with E-state index in [0.29, 0.717) is 11.6 Å². The van der Waals surface area contributed by atoms with E-state index in [2.05, 4.69) is 47.0 Å². The molecule has 3 rings (SSSR count). The number of hydrogen-bond acceptors (Lipinski definition) is 3. The summed E-state index contributed by atoms with van der Waals surface area (Å²) < 4.78 is 5.84. The second-order valence-corrected chi connectivity index (χ2v) is 8.45. The molecule has 2 bridgehead atoms. The number of ether oxygens (including phenoxy) is 1. The Hall–Kier alpha value is -1.30. The summed E-state index contributed by atoms with van der Waals surface area (Å²) in [6.45, 7) is 6.64. The number of amides is 1. The summed E-state index contributed by atoms with van der Waals surface area (Å²) in [5, 5.41) is 3.08. The smallest absolute Gasteiger partial charge is 0.355 e. The maximum atomic E-state index is 12.2. The number of H-pyrrole nitrogens is 1. The van der Waals surface area contributed by atoms with E-state index in [0.717, 1.165) is 17.3 Å². The SMILES string of the molecule is CC1(C)C2CCC1(C)C(NC(=O)COC(=O)c1cc(Br)c[nH]1)C2.